The lowest BCUT2D eigenvalue weighted by Gasteiger charge is -2.27. The van der Waals surface area contributed by atoms with Crippen LogP contribution in [-0.4, -0.2) is 29.8 Å². The Bertz CT molecular complexity index is 288. The first-order valence-corrected chi connectivity index (χ1v) is 5.17. The molecule has 0 bridgehead atoms. The minimum absolute atomic E-state index is 0.140. The number of esters is 1. The molecular weight excluding hydrogens is 241 g/mol. The van der Waals surface area contributed by atoms with Crippen molar-refractivity contribution < 1.29 is 32.6 Å². The average molecular weight is 256 g/mol. The van der Waals surface area contributed by atoms with E-state index in [0.717, 1.165) is 0 Å². The van der Waals surface area contributed by atoms with Crippen LogP contribution in [0.15, 0.2) is 0 Å². The highest BCUT2D eigenvalue weighted by molar-refractivity contribution is 5.99. The van der Waals surface area contributed by atoms with Gasteiger partial charge in [-0.05, 0) is 13.3 Å². The molecule has 0 heterocycles. The number of halogens is 3. The Morgan fingerprint density at radius 3 is 2.06 bits per heavy atom. The van der Waals surface area contributed by atoms with E-state index in [0.29, 0.717) is 0 Å². The van der Waals surface area contributed by atoms with Crippen molar-refractivity contribution in [3.05, 3.63) is 0 Å². The molecule has 0 aromatic carbocycles. The Morgan fingerprint density at radius 1 is 1.24 bits per heavy atom. The number of hydrogen-bond acceptors (Lipinski definition) is 3. The van der Waals surface area contributed by atoms with Crippen molar-refractivity contribution in [3.63, 3.8) is 0 Å². The van der Waals surface area contributed by atoms with Crippen molar-refractivity contribution in [3.8, 4) is 0 Å². The van der Waals surface area contributed by atoms with Gasteiger partial charge in [0.15, 0.2) is 5.41 Å². The summed E-state index contributed by atoms with van der Waals surface area (Å²) in [6, 6.07) is 0. The number of hydrogen-bond donors (Lipinski definition) is 1. The summed E-state index contributed by atoms with van der Waals surface area (Å²) in [6.45, 7) is 2.76. The summed E-state index contributed by atoms with van der Waals surface area (Å²) in [6.07, 6.45) is -6.70. The fourth-order valence-corrected chi connectivity index (χ4v) is 1.57. The molecule has 0 aliphatic heterocycles. The highest BCUT2D eigenvalue weighted by Crippen LogP contribution is 2.38. The largest absolute Gasteiger partial charge is 0.480 e. The zero-order valence-electron chi connectivity index (χ0n) is 9.63. The lowest BCUT2D eigenvalue weighted by Crippen LogP contribution is -2.44. The topological polar surface area (TPSA) is 63.6 Å². The van der Waals surface area contributed by atoms with Crippen LogP contribution in [0, 0.1) is 5.41 Å². The van der Waals surface area contributed by atoms with Crippen LogP contribution in [0.5, 0.6) is 0 Å². The summed E-state index contributed by atoms with van der Waals surface area (Å²) in [4.78, 5) is 22.5. The monoisotopic (exact) mass is 256 g/mol. The van der Waals surface area contributed by atoms with E-state index in [2.05, 4.69) is 4.74 Å². The molecule has 1 unspecified atom stereocenters. The molecule has 0 fully saturated rings. The molecule has 0 amide bonds. The molecule has 0 saturated heterocycles. The van der Waals surface area contributed by atoms with E-state index in [1.807, 2.05) is 0 Å². The highest BCUT2D eigenvalue weighted by Gasteiger charge is 2.54. The Labute approximate surface area is 96.8 Å². The molecule has 0 aliphatic rings. The fourth-order valence-electron chi connectivity index (χ4n) is 1.57. The third kappa shape index (κ3) is 4.24. The van der Waals surface area contributed by atoms with E-state index in [-0.39, 0.29) is 13.0 Å². The molecule has 1 atom stereocenters. The maximum absolute atomic E-state index is 12.4. The molecule has 0 aliphatic carbocycles. The first-order chi connectivity index (χ1) is 7.69. The number of carboxylic acid groups (broad SMARTS) is 1. The van der Waals surface area contributed by atoms with Crippen LogP contribution >= 0.6 is 0 Å². The SMILES string of the molecule is CCCC(CC(F)(F)F)(C(=O)O)C(=O)OCC. The van der Waals surface area contributed by atoms with Crippen molar-refractivity contribution in [1.29, 1.82) is 0 Å². The minimum Gasteiger partial charge on any atom is -0.480 e. The molecule has 100 valence electrons. The maximum atomic E-state index is 12.4. The summed E-state index contributed by atoms with van der Waals surface area (Å²) < 4.78 is 41.5. The Kier molecular flexibility index (Phi) is 5.44. The van der Waals surface area contributed by atoms with E-state index in [4.69, 9.17) is 5.11 Å². The third-order valence-corrected chi connectivity index (χ3v) is 2.25. The van der Waals surface area contributed by atoms with E-state index in [1.54, 1.807) is 0 Å². The average Bonchev–Trinajstić information content (AvgIpc) is 2.14. The van der Waals surface area contributed by atoms with Crippen LogP contribution in [-0.2, 0) is 14.3 Å². The molecule has 0 aromatic heterocycles. The van der Waals surface area contributed by atoms with Gasteiger partial charge in [-0.1, -0.05) is 13.3 Å². The van der Waals surface area contributed by atoms with Crippen LogP contribution in [0.4, 0.5) is 13.2 Å². The fraction of sp³-hybridized carbons (Fsp3) is 0.800. The van der Waals surface area contributed by atoms with Gasteiger partial charge in [0, 0.05) is 0 Å². The van der Waals surface area contributed by atoms with Gasteiger partial charge in [0.1, 0.15) is 0 Å². The Hall–Kier alpha value is -1.27. The Morgan fingerprint density at radius 2 is 1.76 bits per heavy atom. The van der Waals surface area contributed by atoms with E-state index in [9.17, 15) is 22.8 Å². The van der Waals surface area contributed by atoms with E-state index < -0.39 is 36.4 Å². The first-order valence-electron chi connectivity index (χ1n) is 5.17. The van der Waals surface area contributed by atoms with Gasteiger partial charge in [-0.2, -0.15) is 13.2 Å². The molecule has 1 N–H and O–H groups in total. The van der Waals surface area contributed by atoms with Crippen LogP contribution < -0.4 is 0 Å². The second kappa shape index (κ2) is 5.88. The number of ether oxygens (including phenoxy) is 1. The van der Waals surface area contributed by atoms with Gasteiger partial charge in [-0.3, -0.25) is 9.59 Å². The molecular formula is C10H15F3O4. The van der Waals surface area contributed by atoms with Crippen molar-refractivity contribution in [2.75, 3.05) is 6.61 Å². The zero-order valence-corrected chi connectivity index (χ0v) is 9.63. The molecule has 4 nitrogen and oxygen atoms in total. The van der Waals surface area contributed by atoms with Crippen LogP contribution in [0.2, 0.25) is 0 Å². The predicted molar refractivity (Wildman–Crippen MR) is 52.3 cm³/mol. The maximum Gasteiger partial charge on any atom is 0.390 e. The van der Waals surface area contributed by atoms with Crippen LogP contribution in [0.25, 0.3) is 0 Å². The van der Waals surface area contributed by atoms with E-state index >= 15 is 0 Å². The van der Waals surface area contributed by atoms with Crippen molar-refractivity contribution in [2.24, 2.45) is 5.41 Å². The third-order valence-electron chi connectivity index (χ3n) is 2.25. The molecule has 17 heavy (non-hydrogen) atoms. The van der Waals surface area contributed by atoms with Crippen LogP contribution in [0.1, 0.15) is 33.1 Å². The van der Waals surface area contributed by atoms with E-state index in [1.165, 1.54) is 13.8 Å². The summed E-state index contributed by atoms with van der Waals surface area (Å²) in [5.41, 5.74) is -2.52. The number of carbonyl (C=O) groups is 2. The number of carboxylic acids is 1. The quantitative estimate of drug-likeness (QED) is 0.585. The second-order valence-corrected chi connectivity index (χ2v) is 3.65. The standard InChI is InChI=1S/C10H15F3O4/c1-3-5-9(7(14)15,6-10(11,12)13)8(16)17-4-2/h3-6H2,1-2H3,(H,14,15). The molecule has 0 saturated carbocycles. The number of aliphatic carboxylic acids is 1. The van der Waals surface area contributed by atoms with Crippen molar-refractivity contribution in [2.45, 2.75) is 39.3 Å². The van der Waals surface area contributed by atoms with Gasteiger partial charge in [0.05, 0.1) is 13.0 Å². The molecule has 0 radical (unpaired) electrons. The van der Waals surface area contributed by atoms with Gasteiger partial charge < -0.3 is 9.84 Å². The highest BCUT2D eigenvalue weighted by atomic mass is 19.4. The lowest BCUT2D eigenvalue weighted by molar-refractivity contribution is -0.194. The minimum atomic E-state index is -4.74. The van der Waals surface area contributed by atoms with Gasteiger partial charge in [0.2, 0.25) is 0 Å². The smallest absolute Gasteiger partial charge is 0.390 e. The number of carbonyl (C=O) groups excluding carboxylic acids is 1. The van der Waals surface area contributed by atoms with Crippen molar-refractivity contribution >= 4 is 11.9 Å². The Balaban J connectivity index is 5.27. The van der Waals surface area contributed by atoms with Gasteiger partial charge >= 0.3 is 18.1 Å². The molecule has 7 heteroatoms. The molecule has 0 spiro atoms. The van der Waals surface area contributed by atoms with Gasteiger partial charge in [-0.25, -0.2) is 0 Å². The van der Waals surface area contributed by atoms with Gasteiger partial charge in [-0.15, -0.1) is 0 Å². The van der Waals surface area contributed by atoms with Crippen LogP contribution in [0.3, 0.4) is 0 Å². The normalized spacial score (nSPS) is 15.1. The molecule has 0 aromatic rings. The lowest BCUT2D eigenvalue weighted by atomic mass is 9.80. The summed E-state index contributed by atoms with van der Waals surface area (Å²) in [5, 5.41) is 8.91. The summed E-state index contributed by atoms with van der Waals surface area (Å²) in [7, 11) is 0. The second-order valence-electron chi connectivity index (χ2n) is 3.65. The first kappa shape index (κ1) is 15.7. The zero-order chi connectivity index (χ0) is 13.7. The van der Waals surface area contributed by atoms with Gasteiger partial charge in [0.25, 0.3) is 0 Å². The number of alkyl halides is 3. The molecule has 0 rings (SSSR count). The summed E-state index contributed by atoms with van der Waals surface area (Å²) in [5.74, 6) is -3.12. The number of rotatable bonds is 6. The van der Waals surface area contributed by atoms with Crippen molar-refractivity contribution in [1.82, 2.24) is 0 Å². The summed E-state index contributed by atoms with van der Waals surface area (Å²) >= 11 is 0. The predicted octanol–water partition coefficient (Wildman–Crippen LogP) is 2.37.